The first-order valence-corrected chi connectivity index (χ1v) is 13.2. The summed E-state index contributed by atoms with van der Waals surface area (Å²) in [5, 5.41) is 15.2. The van der Waals surface area contributed by atoms with E-state index in [0.29, 0.717) is 23.8 Å². The molecule has 224 valence electrons. The zero-order chi connectivity index (χ0) is 30.9. The van der Waals surface area contributed by atoms with E-state index >= 15 is 0 Å². The van der Waals surface area contributed by atoms with Crippen LogP contribution in [0.4, 0.5) is 25.1 Å². The number of carboxylic acids is 1. The molecule has 0 bridgehead atoms. The van der Waals surface area contributed by atoms with Gasteiger partial charge < -0.3 is 19.6 Å². The van der Waals surface area contributed by atoms with Crippen LogP contribution in [0.1, 0.15) is 66.7 Å². The maximum absolute atomic E-state index is 13.7. The zero-order valence-corrected chi connectivity index (χ0v) is 23.3. The lowest BCUT2D eigenvalue weighted by atomic mass is 10.2. The summed E-state index contributed by atoms with van der Waals surface area (Å²) in [6, 6.07) is 5.71. The number of hydrogen-bond acceptors (Lipinski definition) is 9. The zero-order valence-electron chi connectivity index (χ0n) is 23.3. The smallest absolute Gasteiger partial charge is 0.416 e. The molecule has 0 saturated heterocycles. The van der Waals surface area contributed by atoms with Gasteiger partial charge in [0.2, 0.25) is 5.89 Å². The van der Waals surface area contributed by atoms with Gasteiger partial charge in [-0.3, -0.25) is 9.69 Å². The van der Waals surface area contributed by atoms with Gasteiger partial charge in [-0.05, 0) is 63.8 Å². The van der Waals surface area contributed by atoms with Gasteiger partial charge in [0.1, 0.15) is 23.4 Å². The van der Waals surface area contributed by atoms with Crippen molar-refractivity contribution in [1.82, 2.24) is 24.7 Å². The van der Waals surface area contributed by atoms with Crippen LogP contribution in [0.2, 0.25) is 0 Å². The Morgan fingerprint density at radius 3 is 2.58 bits per heavy atom. The number of halogens is 2. The van der Waals surface area contributed by atoms with Crippen LogP contribution in [0.3, 0.4) is 0 Å². The summed E-state index contributed by atoms with van der Waals surface area (Å²) >= 11 is 0. The molecule has 0 radical (unpaired) electrons. The van der Waals surface area contributed by atoms with E-state index in [-0.39, 0.29) is 28.7 Å². The van der Waals surface area contributed by atoms with Crippen molar-refractivity contribution in [2.45, 2.75) is 45.6 Å². The summed E-state index contributed by atoms with van der Waals surface area (Å²) in [5.41, 5.74) is -1.51. The third kappa shape index (κ3) is 6.99. The number of anilines is 2. The topological polar surface area (TPSA) is 166 Å². The molecule has 5 rings (SSSR count). The third-order valence-corrected chi connectivity index (χ3v) is 6.19. The summed E-state index contributed by atoms with van der Waals surface area (Å²) in [6.45, 7) is 5.75. The van der Waals surface area contributed by atoms with Crippen LogP contribution in [0.25, 0.3) is 17.1 Å². The van der Waals surface area contributed by atoms with Gasteiger partial charge in [0.05, 0.1) is 23.8 Å². The summed E-state index contributed by atoms with van der Waals surface area (Å²) in [7, 11) is 0. The highest BCUT2D eigenvalue weighted by molar-refractivity contribution is 6.03. The lowest BCUT2D eigenvalue weighted by molar-refractivity contribution is 0.0576. The minimum atomic E-state index is -3.03. The van der Waals surface area contributed by atoms with Crippen molar-refractivity contribution in [2.24, 2.45) is 5.92 Å². The molecule has 13 nitrogen and oxygen atoms in total. The highest BCUT2D eigenvalue weighted by atomic mass is 19.3. The fourth-order valence-electron chi connectivity index (χ4n) is 3.96. The minimum Gasteiger partial charge on any atom is -0.477 e. The van der Waals surface area contributed by atoms with Crippen LogP contribution in [0, 0.1) is 5.92 Å². The summed E-state index contributed by atoms with van der Waals surface area (Å²) in [6.07, 6.45) is 3.27. The molecule has 2 N–H and O–H groups in total. The van der Waals surface area contributed by atoms with E-state index in [2.05, 4.69) is 25.4 Å². The van der Waals surface area contributed by atoms with Gasteiger partial charge in [0, 0.05) is 18.3 Å². The number of rotatable bonds is 9. The van der Waals surface area contributed by atoms with Crippen LogP contribution >= 0.6 is 0 Å². The van der Waals surface area contributed by atoms with Crippen molar-refractivity contribution in [3.63, 3.8) is 0 Å². The first kappa shape index (κ1) is 29.3. The Balaban J connectivity index is 1.35. The number of nitrogens with one attached hydrogen (secondary N) is 1. The van der Waals surface area contributed by atoms with Gasteiger partial charge in [-0.15, -0.1) is 0 Å². The molecule has 0 aromatic carbocycles. The third-order valence-electron chi connectivity index (χ3n) is 6.19. The van der Waals surface area contributed by atoms with E-state index in [4.69, 9.17) is 14.3 Å². The minimum absolute atomic E-state index is 0.0405. The molecular formula is C28H27F2N7O6. The first-order valence-electron chi connectivity index (χ1n) is 13.2. The molecule has 1 aliphatic carbocycles. The Kier molecular flexibility index (Phi) is 7.89. The summed E-state index contributed by atoms with van der Waals surface area (Å²) in [5.74, 6) is -1.38. The van der Waals surface area contributed by atoms with Crippen LogP contribution in [-0.4, -0.2) is 60.0 Å². The van der Waals surface area contributed by atoms with E-state index in [1.807, 2.05) is 0 Å². The maximum Gasteiger partial charge on any atom is 0.416 e. The van der Waals surface area contributed by atoms with Gasteiger partial charge in [0.15, 0.2) is 11.4 Å². The molecule has 1 fully saturated rings. The number of oxazole rings is 1. The second-order valence-electron chi connectivity index (χ2n) is 10.8. The molecule has 0 atom stereocenters. The van der Waals surface area contributed by atoms with Gasteiger partial charge in [-0.25, -0.2) is 38.0 Å². The van der Waals surface area contributed by atoms with E-state index in [1.54, 1.807) is 32.9 Å². The van der Waals surface area contributed by atoms with Crippen molar-refractivity contribution < 1.29 is 37.4 Å². The number of amides is 2. The fraction of sp³-hybridized carbons (Fsp3) is 0.321. The normalized spacial score (nSPS) is 13.2. The number of aromatic carboxylic acids is 1. The van der Waals surface area contributed by atoms with Gasteiger partial charge in [-0.1, -0.05) is 0 Å². The Labute approximate surface area is 243 Å². The number of carboxylic acid groups (broad SMARTS) is 1. The highest BCUT2D eigenvalue weighted by Gasteiger charge is 2.31. The van der Waals surface area contributed by atoms with Crippen LogP contribution in [0.5, 0.6) is 0 Å². The standard InChI is InChI=1S/C28H27F2N7O6/c1-28(2,3)43-27(41)36(12-15-4-5-15)21-10-16(8-9-31-21)25-34-20(14-42-25)24(38)33-19-13-37(35-22(19)23(29)30)17-6-7-18(26(39)40)32-11-17/h6-11,13-15,23H,4-5,12H2,1-3H3,(H,33,38)(H,39,40). The Morgan fingerprint density at radius 1 is 1.19 bits per heavy atom. The molecule has 4 aromatic rings. The summed E-state index contributed by atoms with van der Waals surface area (Å²) < 4.78 is 39.6. The molecular weight excluding hydrogens is 568 g/mol. The number of hydrogen-bond donors (Lipinski definition) is 2. The van der Waals surface area contributed by atoms with Crippen molar-refractivity contribution in [3.8, 4) is 17.1 Å². The first-order chi connectivity index (χ1) is 20.4. The molecule has 2 amide bonds. The average Bonchev–Trinajstić information content (AvgIpc) is 3.45. The van der Waals surface area contributed by atoms with E-state index in [9.17, 15) is 23.2 Å². The number of aromatic nitrogens is 5. The predicted molar refractivity (Wildman–Crippen MR) is 147 cm³/mol. The van der Waals surface area contributed by atoms with Crippen LogP contribution < -0.4 is 10.2 Å². The highest BCUT2D eigenvalue weighted by Crippen LogP contribution is 2.33. The lowest BCUT2D eigenvalue weighted by Crippen LogP contribution is -2.38. The summed E-state index contributed by atoms with van der Waals surface area (Å²) in [4.78, 5) is 50.6. The van der Waals surface area contributed by atoms with Gasteiger partial charge >= 0.3 is 12.1 Å². The van der Waals surface area contributed by atoms with Crippen LogP contribution in [0.15, 0.2) is 53.5 Å². The fourth-order valence-corrected chi connectivity index (χ4v) is 3.96. The van der Waals surface area contributed by atoms with Gasteiger partial charge in [0.25, 0.3) is 12.3 Å². The molecule has 1 saturated carbocycles. The Bertz CT molecular complexity index is 1660. The SMILES string of the molecule is CC(C)(C)OC(=O)N(CC1CC1)c1cc(-c2nc(C(=O)Nc3cn(-c4ccc(C(=O)O)nc4)nc3C(F)F)co2)ccn1. The second-order valence-corrected chi connectivity index (χ2v) is 10.8. The van der Waals surface area contributed by atoms with Crippen molar-refractivity contribution in [1.29, 1.82) is 0 Å². The molecule has 0 unspecified atom stereocenters. The van der Waals surface area contributed by atoms with E-state index < -0.39 is 35.7 Å². The molecule has 0 spiro atoms. The molecule has 43 heavy (non-hydrogen) atoms. The molecule has 15 heteroatoms. The van der Waals surface area contributed by atoms with Crippen molar-refractivity contribution in [2.75, 3.05) is 16.8 Å². The quantitative estimate of drug-likeness (QED) is 0.257. The van der Waals surface area contributed by atoms with E-state index in [1.165, 1.54) is 23.2 Å². The predicted octanol–water partition coefficient (Wildman–Crippen LogP) is 5.36. The maximum atomic E-state index is 13.7. The molecule has 0 aliphatic heterocycles. The second kappa shape index (κ2) is 11.6. The molecule has 1 aliphatic rings. The molecule has 4 heterocycles. The van der Waals surface area contributed by atoms with E-state index in [0.717, 1.165) is 36.2 Å². The number of nitrogens with zero attached hydrogens (tertiary/aromatic N) is 6. The number of pyridine rings is 2. The van der Waals surface area contributed by atoms with Crippen molar-refractivity contribution in [3.05, 3.63) is 66.2 Å². The molecule has 4 aromatic heterocycles. The number of ether oxygens (including phenoxy) is 1. The average molecular weight is 596 g/mol. The Morgan fingerprint density at radius 2 is 1.95 bits per heavy atom. The van der Waals surface area contributed by atoms with Gasteiger partial charge in [-0.2, -0.15) is 5.10 Å². The Hall–Kier alpha value is -5.21. The number of carbonyl (C=O) groups excluding carboxylic acids is 2. The van der Waals surface area contributed by atoms with Crippen LogP contribution in [-0.2, 0) is 4.74 Å². The van der Waals surface area contributed by atoms with Crippen molar-refractivity contribution >= 4 is 29.5 Å². The number of carbonyl (C=O) groups is 3. The monoisotopic (exact) mass is 595 g/mol. The lowest BCUT2D eigenvalue weighted by Gasteiger charge is -2.27. The largest absolute Gasteiger partial charge is 0.477 e. The number of alkyl halides is 2.